The molecule has 34 heavy (non-hydrogen) atoms. The van der Waals surface area contributed by atoms with Gasteiger partial charge in [-0.05, 0) is 58.4 Å². The van der Waals surface area contributed by atoms with Crippen LogP contribution in [0.4, 0.5) is 11.6 Å². The molecule has 7 heteroatoms. The van der Waals surface area contributed by atoms with Gasteiger partial charge in [0.2, 0.25) is 0 Å². The van der Waals surface area contributed by atoms with Crippen molar-refractivity contribution in [2.75, 3.05) is 36.4 Å². The van der Waals surface area contributed by atoms with Crippen molar-refractivity contribution in [1.29, 1.82) is 0 Å². The smallest absolute Gasteiger partial charge is 0.340 e. The van der Waals surface area contributed by atoms with Gasteiger partial charge in [0.25, 0.3) is 0 Å². The zero-order valence-corrected chi connectivity index (χ0v) is 20.5. The molecule has 0 radical (unpaired) electrons. The van der Waals surface area contributed by atoms with Crippen LogP contribution in [0.25, 0.3) is 11.0 Å². The van der Waals surface area contributed by atoms with Crippen molar-refractivity contribution in [2.24, 2.45) is 0 Å². The molecule has 4 rings (SSSR count). The lowest BCUT2D eigenvalue weighted by atomic mass is 10.0. The van der Waals surface area contributed by atoms with E-state index in [0.717, 1.165) is 37.3 Å². The molecule has 2 heterocycles. The summed E-state index contributed by atoms with van der Waals surface area (Å²) < 4.78 is 11.9. The summed E-state index contributed by atoms with van der Waals surface area (Å²) in [5.74, 6) is 0.204. The third-order valence-electron chi connectivity index (χ3n) is 5.80. The minimum Gasteiger partial charge on any atom is -0.456 e. The highest BCUT2D eigenvalue weighted by atomic mass is 16.6. The fraction of sp³-hybridized carbons (Fsp3) is 0.407. The Balaban J connectivity index is 1.72. The van der Waals surface area contributed by atoms with E-state index in [0.29, 0.717) is 28.1 Å². The normalized spacial score (nSPS) is 15.3. The third kappa shape index (κ3) is 5.25. The molecule has 1 fully saturated rings. The maximum absolute atomic E-state index is 13.0. The number of rotatable bonds is 5. The number of nitrogens with one attached hydrogen (secondary N) is 2. The molecule has 1 aliphatic rings. The van der Waals surface area contributed by atoms with Crippen molar-refractivity contribution in [3.63, 3.8) is 0 Å². The van der Waals surface area contributed by atoms with Crippen LogP contribution in [-0.4, -0.2) is 37.7 Å². The van der Waals surface area contributed by atoms with Crippen LogP contribution in [0.5, 0.6) is 0 Å². The standard InChI is InChI=1S/C27H33N3O4/c1-17-14-20(18(2)29-22-9-7-6-8-19(22)26(32)34-27(3,4)5)25-21(15-17)23(31)16-24(33-25)30-12-10-28-11-13-30/h6-9,14-16,18,28-29H,10-13H2,1-5H3/t18-/m0/s1. The van der Waals surface area contributed by atoms with Crippen molar-refractivity contribution in [3.8, 4) is 0 Å². The Morgan fingerprint density at radius 1 is 1.15 bits per heavy atom. The number of para-hydroxylation sites is 1. The van der Waals surface area contributed by atoms with Crippen LogP contribution in [0.15, 0.2) is 51.7 Å². The second-order valence-electron chi connectivity index (χ2n) is 9.83. The second-order valence-corrected chi connectivity index (χ2v) is 9.83. The summed E-state index contributed by atoms with van der Waals surface area (Å²) >= 11 is 0. The van der Waals surface area contributed by atoms with Gasteiger partial charge in [-0.25, -0.2) is 4.79 Å². The van der Waals surface area contributed by atoms with Gasteiger partial charge in [-0.1, -0.05) is 18.2 Å². The number of ether oxygens (including phenoxy) is 1. The van der Waals surface area contributed by atoms with E-state index >= 15 is 0 Å². The molecule has 1 saturated heterocycles. The van der Waals surface area contributed by atoms with Crippen LogP contribution in [0.3, 0.4) is 0 Å². The van der Waals surface area contributed by atoms with Gasteiger partial charge in [-0.2, -0.15) is 0 Å². The number of benzene rings is 2. The Bertz CT molecular complexity index is 1250. The van der Waals surface area contributed by atoms with E-state index in [1.54, 1.807) is 12.1 Å². The lowest BCUT2D eigenvalue weighted by molar-refractivity contribution is 0.00706. The quantitative estimate of drug-likeness (QED) is 0.533. The number of esters is 1. The van der Waals surface area contributed by atoms with Crippen LogP contribution in [-0.2, 0) is 4.74 Å². The third-order valence-corrected chi connectivity index (χ3v) is 5.80. The Morgan fingerprint density at radius 2 is 1.85 bits per heavy atom. The average molecular weight is 464 g/mol. The fourth-order valence-corrected chi connectivity index (χ4v) is 4.22. The number of aryl methyl sites for hydroxylation is 1. The monoisotopic (exact) mass is 463 g/mol. The van der Waals surface area contributed by atoms with E-state index < -0.39 is 5.60 Å². The van der Waals surface area contributed by atoms with Gasteiger partial charge >= 0.3 is 5.97 Å². The molecule has 1 atom stereocenters. The first-order valence-corrected chi connectivity index (χ1v) is 11.8. The number of carbonyl (C=O) groups excluding carboxylic acids is 1. The number of hydrogen-bond acceptors (Lipinski definition) is 7. The lowest BCUT2D eigenvalue weighted by Gasteiger charge is -2.28. The van der Waals surface area contributed by atoms with Gasteiger partial charge in [0.1, 0.15) is 11.2 Å². The summed E-state index contributed by atoms with van der Waals surface area (Å²) in [7, 11) is 0. The molecule has 0 aliphatic carbocycles. The molecular weight excluding hydrogens is 430 g/mol. The van der Waals surface area contributed by atoms with E-state index in [9.17, 15) is 9.59 Å². The molecule has 0 bridgehead atoms. The van der Waals surface area contributed by atoms with Gasteiger partial charge in [0.15, 0.2) is 11.3 Å². The van der Waals surface area contributed by atoms with Crippen molar-refractivity contribution >= 4 is 28.5 Å². The zero-order valence-electron chi connectivity index (χ0n) is 20.5. The lowest BCUT2D eigenvalue weighted by Crippen LogP contribution is -2.43. The summed E-state index contributed by atoms with van der Waals surface area (Å²) in [4.78, 5) is 27.9. The predicted molar refractivity (Wildman–Crippen MR) is 136 cm³/mol. The van der Waals surface area contributed by atoms with Crippen LogP contribution < -0.4 is 21.0 Å². The number of fused-ring (bicyclic) bond motifs is 1. The molecule has 0 saturated carbocycles. The summed E-state index contributed by atoms with van der Waals surface area (Å²) in [6, 6.07) is 12.6. The number of piperazine rings is 1. The molecule has 0 unspecified atom stereocenters. The van der Waals surface area contributed by atoms with Gasteiger partial charge in [0.05, 0.1) is 17.0 Å². The summed E-state index contributed by atoms with van der Waals surface area (Å²) in [6.07, 6.45) is 0. The largest absolute Gasteiger partial charge is 0.456 e. The number of anilines is 2. The highest BCUT2D eigenvalue weighted by Crippen LogP contribution is 2.31. The number of carbonyl (C=O) groups is 1. The molecule has 7 nitrogen and oxygen atoms in total. The minimum atomic E-state index is -0.591. The molecule has 3 aromatic rings. The predicted octanol–water partition coefficient (Wildman–Crippen LogP) is 4.64. The summed E-state index contributed by atoms with van der Waals surface area (Å²) in [5, 5.41) is 7.32. The summed E-state index contributed by atoms with van der Waals surface area (Å²) in [6.45, 7) is 12.8. The molecule has 2 N–H and O–H groups in total. The Labute approximate surface area is 200 Å². The first-order chi connectivity index (χ1) is 16.1. The van der Waals surface area contributed by atoms with Gasteiger partial charge in [-0.15, -0.1) is 0 Å². The molecule has 0 spiro atoms. The maximum Gasteiger partial charge on any atom is 0.340 e. The van der Waals surface area contributed by atoms with Crippen molar-refractivity contribution < 1.29 is 13.9 Å². The number of hydrogen-bond donors (Lipinski definition) is 2. The van der Waals surface area contributed by atoms with Crippen molar-refractivity contribution in [3.05, 3.63) is 69.4 Å². The van der Waals surface area contributed by atoms with E-state index in [4.69, 9.17) is 9.15 Å². The van der Waals surface area contributed by atoms with Crippen LogP contribution in [0.2, 0.25) is 0 Å². The van der Waals surface area contributed by atoms with Crippen LogP contribution in [0, 0.1) is 6.92 Å². The highest BCUT2D eigenvalue weighted by molar-refractivity contribution is 5.96. The van der Waals surface area contributed by atoms with E-state index in [1.165, 1.54) is 0 Å². The van der Waals surface area contributed by atoms with Crippen molar-refractivity contribution in [2.45, 2.75) is 46.3 Å². The van der Waals surface area contributed by atoms with Crippen LogP contribution in [0.1, 0.15) is 55.2 Å². The summed E-state index contributed by atoms with van der Waals surface area (Å²) in [5.41, 5.74) is 2.89. The first kappa shape index (κ1) is 23.8. The van der Waals surface area contributed by atoms with Gasteiger partial charge in [0, 0.05) is 43.5 Å². The van der Waals surface area contributed by atoms with Crippen LogP contribution >= 0.6 is 0 Å². The van der Waals surface area contributed by atoms with Gasteiger partial charge in [-0.3, -0.25) is 4.79 Å². The highest BCUT2D eigenvalue weighted by Gasteiger charge is 2.23. The maximum atomic E-state index is 13.0. The Morgan fingerprint density at radius 3 is 2.56 bits per heavy atom. The average Bonchev–Trinajstić information content (AvgIpc) is 2.78. The minimum absolute atomic E-state index is 0.0545. The molecule has 180 valence electrons. The second kappa shape index (κ2) is 9.50. The zero-order chi connectivity index (χ0) is 24.5. The van der Waals surface area contributed by atoms with E-state index in [1.807, 2.05) is 65.0 Å². The van der Waals surface area contributed by atoms with Crippen molar-refractivity contribution in [1.82, 2.24) is 5.32 Å². The topological polar surface area (TPSA) is 83.8 Å². The molecule has 1 aliphatic heterocycles. The molecule has 0 amide bonds. The fourth-order valence-electron chi connectivity index (χ4n) is 4.22. The Hall–Kier alpha value is -3.32. The first-order valence-electron chi connectivity index (χ1n) is 11.8. The Kier molecular flexibility index (Phi) is 6.66. The molecule has 1 aromatic heterocycles. The molecular formula is C27H33N3O4. The number of nitrogens with zero attached hydrogens (tertiary/aromatic N) is 1. The van der Waals surface area contributed by atoms with E-state index in [2.05, 4.69) is 15.5 Å². The molecule has 2 aromatic carbocycles. The van der Waals surface area contributed by atoms with Gasteiger partial charge < -0.3 is 24.7 Å². The SMILES string of the molecule is Cc1cc([C@H](C)Nc2ccccc2C(=O)OC(C)(C)C)c2oc(N3CCNCC3)cc(=O)c2c1. The van der Waals surface area contributed by atoms with E-state index in [-0.39, 0.29) is 17.4 Å².